The molecular formula is C13H15NO4S3. The monoisotopic (exact) mass is 345 g/mol. The van der Waals surface area contributed by atoms with Crippen LogP contribution in [0.1, 0.15) is 9.75 Å². The molecule has 0 amide bonds. The van der Waals surface area contributed by atoms with Crippen molar-refractivity contribution in [1.82, 2.24) is 0 Å². The van der Waals surface area contributed by atoms with Gasteiger partial charge in [0, 0.05) is 21.7 Å². The summed E-state index contributed by atoms with van der Waals surface area (Å²) in [6.07, 6.45) is 1.10. The van der Waals surface area contributed by atoms with Gasteiger partial charge >= 0.3 is 0 Å². The van der Waals surface area contributed by atoms with Crippen LogP contribution < -0.4 is 4.72 Å². The topological polar surface area (TPSA) is 80.3 Å². The lowest BCUT2D eigenvalue weighted by atomic mass is 10.3. The number of aryl methyl sites for hydroxylation is 2. The van der Waals surface area contributed by atoms with Crippen LogP contribution in [0.3, 0.4) is 0 Å². The van der Waals surface area contributed by atoms with E-state index in [1.165, 1.54) is 35.6 Å². The summed E-state index contributed by atoms with van der Waals surface area (Å²) in [4.78, 5) is 2.03. The van der Waals surface area contributed by atoms with Gasteiger partial charge in [0.15, 0.2) is 9.84 Å². The van der Waals surface area contributed by atoms with E-state index >= 15 is 0 Å². The first-order chi connectivity index (χ1) is 9.59. The highest BCUT2D eigenvalue weighted by Crippen LogP contribution is 2.27. The summed E-state index contributed by atoms with van der Waals surface area (Å²) < 4.78 is 49.8. The quantitative estimate of drug-likeness (QED) is 0.923. The predicted octanol–water partition coefficient (Wildman–Crippen LogP) is 2.57. The second-order valence-electron chi connectivity index (χ2n) is 4.68. The van der Waals surface area contributed by atoms with E-state index < -0.39 is 19.9 Å². The number of thiophene rings is 1. The summed E-state index contributed by atoms with van der Waals surface area (Å²) in [5.41, 5.74) is 0.325. The number of sulfone groups is 1. The normalized spacial score (nSPS) is 12.3. The first-order valence-corrected chi connectivity index (χ1v) is 10.2. The minimum atomic E-state index is -3.66. The molecule has 2 rings (SSSR count). The van der Waals surface area contributed by atoms with Gasteiger partial charge < -0.3 is 0 Å². The Hall–Kier alpha value is -1.38. The maximum atomic E-state index is 12.3. The zero-order valence-corrected chi connectivity index (χ0v) is 14.2. The molecule has 0 aliphatic rings. The van der Waals surface area contributed by atoms with Crippen molar-refractivity contribution < 1.29 is 16.8 Å². The van der Waals surface area contributed by atoms with E-state index in [2.05, 4.69) is 4.72 Å². The van der Waals surface area contributed by atoms with Gasteiger partial charge in [0.05, 0.1) is 4.90 Å². The Morgan fingerprint density at radius 3 is 2.00 bits per heavy atom. The van der Waals surface area contributed by atoms with Crippen LogP contribution in [0.15, 0.2) is 40.1 Å². The van der Waals surface area contributed by atoms with Gasteiger partial charge in [-0.25, -0.2) is 16.8 Å². The smallest absolute Gasteiger partial charge is 0.262 e. The fraction of sp³-hybridized carbons (Fsp3) is 0.231. The molecule has 0 aliphatic heterocycles. The van der Waals surface area contributed by atoms with Gasteiger partial charge in [0.25, 0.3) is 10.0 Å². The third-order valence-corrected chi connectivity index (χ3v) is 6.55. The van der Waals surface area contributed by atoms with E-state index in [0.717, 1.165) is 11.1 Å². The summed E-state index contributed by atoms with van der Waals surface area (Å²) in [5, 5.41) is 0. The van der Waals surface area contributed by atoms with Crippen LogP contribution in [0.4, 0.5) is 5.69 Å². The van der Waals surface area contributed by atoms with Crippen molar-refractivity contribution in [2.75, 3.05) is 11.0 Å². The fourth-order valence-corrected chi connectivity index (χ4v) is 5.10. The van der Waals surface area contributed by atoms with Crippen LogP contribution in [0.2, 0.25) is 0 Å². The average molecular weight is 345 g/mol. The highest BCUT2D eigenvalue weighted by atomic mass is 32.2. The molecule has 1 N–H and O–H groups in total. The number of hydrogen-bond acceptors (Lipinski definition) is 5. The van der Waals surface area contributed by atoms with E-state index in [-0.39, 0.29) is 9.79 Å². The Morgan fingerprint density at radius 2 is 1.57 bits per heavy atom. The largest absolute Gasteiger partial charge is 0.280 e. The summed E-state index contributed by atoms with van der Waals surface area (Å²) >= 11 is 1.41. The molecule has 0 saturated heterocycles. The van der Waals surface area contributed by atoms with Gasteiger partial charge in [-0.1, -0.05) is 0 Å². The highest BCUT2D eigenvalue weighted by molar-refractivity contribution is 7.93. The van der Waals surface area contributed by atoms with Crippen LogP contribution in [-0.4, -0.2) is 23.1 Å². The molecule has 8 heteroatoms. The van der Waals surface area contributed by atoms with Crippen molar-refractivity contribution in [3.63, 3.8) is 0 Å². The number of benzene rings is 1. The molecule has 1 aromatic carbocycles. The number of sulfonamides is 1. The van der Waals surface area contributed by atoms with Gasteiger partial charge in [-0.3, -0.25) is 4.72 Å². The lowest BCUT2D eigenvalue weighted by molar-refractivity contribution is 0.600. The van der Waals surface area contributed by atoms with E-state index in [1.54, 1.807) is 13.0 Å². The number of rotatable bonds is 4. The van der Waals surface area contributed by atoms with Crippen LogP contribution >= 0.6 is 11.3 Å². The molecule has 21 heavy (non-hydrogen) atoms. The first-order valence-electron chi connectivity index (χ1n) is 5.99. The zero-order chi connectivity index (χ0) is 15.8. The van der Waals surface area contributed by atoms with Crippen LogP contribution in [0.25, 0.3) is 0 Å². The van der Waals surface area contributed by atoms with E-state index in [1.807, 2.05) is 6.92 Å². The molecule has 2 aromatic rings. The second-order valence-corrected chi connectivity index (χ2v) is 9.81. The molecule has 0 saturated carbocycles. The SMILES string of the molecule is Cc1cc(S(=O)(=O)Nc2ccc(S(C)(=O)=O)cc2)c(C)s1. The Morgan fingerprint density at radius 1 is 1.00 bits per heavy atom. The minimum Gasteiger partial charge on any atom is -0.280 e. The standard InChI is InChI=1S/C13H15NO4S3/c1-9-8-13(10(2)19-9)21(17,18)14-11-4-6-12(7-5-11)20(3,15)16/h4-8,14H,1-3H3. The first kappa shape index (κ1) is 16.0. The summed E-state index contributed by atoms with van der Waals surface area (Å²) in [6, 6.07) is 7.23. The van der Waals surface area contributed by atoms with Gasteiger partial charge in [0.1, 0.15) is 4.90 Å². The van der Waals surface area contributed by atoms with Crippen molar-refractivity contribution in [2.24, 2.45) is 0 Å². The summed E-state index contributed by atoms with van der Waals surface area (Å²) in [7, 11) is -6.95. The van der Waals surface area contributed by atoms with Crippen molar-refractivity contribution in [2.45, 2.75) is 23.6 Å². The maximum absolute atomic E-state index is 12.3. The van der Waals surface area contributed by atoms with E-state index in [4.69, 9.17) is 0 Å². The lowest BCUT2D eigenvalue weighted by Crippen LogP contribution is -2.13. The van der Waals surface area contributed by atoms with Crippen molar-refractivity contribution in [3.8, 4) is 0 Å². The van der Waals surface area contributed by atoms with Crippen LogP contribution in [0.5, 0.6) is 0 Å². The molecule has 1 aromatic heterocycles. The minimum absolute atomic E-state index is 0.146. The van der Waals surface area contributed by atoms with E-state index in [0.29, 0.717) is 10.6 Å². The summed E-state index contributed by atoms with van der Waals surface area (Å²) in [6.45, 7) is 3.59. The number of nitrogens with one attached hydrogen (secondary N) is 1. The Bertz CT molecular complexity index is 863. The molecule has 0 aliphatic carbocycles. The third-order valence-electron chi connectivity index (χ3n) is 2.82. The predicted molar refractivity (Wildman–Crippen MR) is 84.2 cm³/mol. The van der Waals surface area contributed by atoms with Crippen molar-refractivity contribution in [3.05, 3.63) is 40.1 Å². The van der Waals surface area contributed by atoms with Crippen molar-refractivity contribution >= 4 is 36.9 Å². The summed E-state index contributed by atoms with van der Waals surface area (Å²) in [5.74, 6) is 0. The Labute approximate surface area is 128 Å². The molecule has 0 bridgehead atoms. The van der Waals surface area contributed by atoms with E-state index in [9.17, 15) is 16.8 Å². The highest BCUT2D eigenvalue weighted by Gasteiger charge is 2.19. The van der Waals surface area contributed by atoms with Crippen LogP contribution in [0, 0.1) is 13.8 Å². The Kier molecular flexibility index (Phi) is 4.14. The molecule has 0 radical (unpaired) electrons. The molecule has 0 fully saturated rings. The molecular weight excluding hydrogens is 330 g/mol. The maximum Gasteiger partial charge on any atom is 0.262 e. The van der Waals surface area contributed by atoms with Gasteiger partial charge in [-0.2, -0.15) is 0 Å². The molecule has 0 atom stereocenters. The Balaban J connectivity index is 2.31. The van der Waals surface area contributed by atoms with Gasteiger partial charge in [-0.05, 0) is 44.2 Å². The van der Waals surface area contributed by atoms with Gasteiger partial charge in [0.2, 0.25) is 0 Å². The average Bonchev–Trinajstić information content (AvgIpc) is 2.68. The molecule has 114 valence electrons. The lowest BCUT2D eigenvalue weighted by Gasteiger charge is -2.08. The third kappa shape index (κ3) is 3.63. The number of anilines is 1. The van der Waals surface area contributed by atoms with Crippen LogP contribution in [-0.2, 0) is 19.9 Å². The molecule has 1 heterocycles. The molecule has 0 unspecified atom stereocenters. The molecule has 0 spiro atoms. The molecule has 5 nitrogen and oxygen atoms in total. The van der Waals surface area contributed by atoms with Gasteiger partial charge in [-0.15, -0.1) is 11.3 Å². The zero-order valence-electron chi connectivity index (χ0n) is 11.7. The van der Waals surface area contributed by atoms with Crippen molar-refractivity contribution in [1.29, 1.82) is 0 Å². The second kappa shape index (κ2) is 5.43. The number of hydrogen-bond donors (Lipinski definition) is 1. The fourth-order valence-electron chi connectivity index (χ4n) is 1.85.